The van der Waals surface area contributed by atoms with E-state index in [0.29, 0.717) is 5.56 Å². The first kappa shape index (κ1) is 30.7. The molecule has 3 atom stereocenters. The Labute approximate surface area is 242 Å². The van der Waals surface area contributed by atoms with Crippen molar-refractivity contribution in [1.82, 2.24) is 8.61 Å². The van der Waals surface area contributed by atoms with Crippen LogP contribution < -0.4 is 9.47 Å². The van der Waals surface area contributed by atoms with Crippen LogP contribution in [0.1, 0.15) is 25.0 Å². The van der Waals surface area contributed by atoms with Gasteiger partial charge in [0, 0.05) is 25.6 Å². The smallest absolute Gasteiger partial charge is 0.247 e. The molecule has 0 bridgehead atoms. The zero-order chi connectivity index (χ0) is 29.8. The molecule has 9 nitrogen and oxygen atoms in total. The van der Waals surface area contributed by atoms with Gasteiger partial charge in [0.15, 0.2) is 0 Å². The topological polar surface area (TPSA) is 113 Å². The Morgan fingerprint density at radius 1 is 1.07 bits per heavy atom. The standard InChI is InChI=1S/C30H36N2O7S2/c1-22-19-32(23(2)21-33)41(36,37)30-17-16-25(15-14-24-10-6-5-7-11-24)18-27(30)39-28(22)20-31(3)40(34,35)29-13-9-8-12-26(29)38-4/h5-18,22-23,28,33H,19-21H2,1-4H3/b15-14+/t22-,23+,28+/m0/s1. The second-order valence-corrected chi connectivity index (χ2v) is 14.0. The van der Waals surface area contributed by atoms with Gasteiger partial charge in [-0.3, -0.25) is 0 Å². The van der Waals surface area contributed by atoms with E-state index in [1.54, 1.807) is 37.3 Å². The van der Waals surface area contributed by atoms with Crippen LogP contribution in [0.3, 0.4) is 0 Å². The Kier molecular flexibility index (Phi) is 9.55. The zero-order valence-corrected chi connectivity index (χ0v) is 25.2. The van der Waals surface area contributed by atoms with Gasteiger partial charge >= 0.3 is 0 Å². The summed E-state index contributed by atoms with van der Waals surface area (Å²) in [4.78, 5) is -0.0165. The van der Waals surface area contributed by atoms with Gasteiger partial charge in [0.2, 0.25) is 20.0 Å². The molecule has 220 valence electrons. The van der Waals surface area contributed by atoms with Crippen molar-refractivity contribution in [3.8, 4) is 11.5 Å². The molecule has 0 saturated heterocycles. The van der Waals surface area contributed by atoms with Crippen LogP contribution >= 0.6 is 0 Å². The third-order valence-corrected chi connectivity index (χ3v) is 11.0. The minimum Gasteiger partial charge on any atom is -0.495 e. The Balaban J connectivity index is 1.74. The summed E-state index contributed by atoms with van der Waals surface area (Å²) in [7, 11) is -5.12. The predicted molar refractivity (Wildman–Crippen MR) is 159 cm³/mol. The van der Waals surface area contributed by atoms with Gasteiger partial charge < -0.3 is 14.6 Å². The number of likely N-dealkylation sites (N-methyl/N-ethyl adjacent to an activating group) is 1. The normalized spacial score (nSPS) is 20.1. The largest absolute Gasteiger partial charge is 0.495 e. The number of benzene rings is 3. The first-order valence-corrected chi connectivity index (χ1v) is 16.1. The van der Waals surface area contributed by atoms with Crippen molar-refractivity contribution in [1.29, 1.82) is 0 Å². The van der Waals surface area contributed by atoms with E-state index in [-0.39, 0.29) is 41.0 Å². The van der Waals surface area contributed by atoms with Gasteiger partial charge in [-0.15, -0.1) is 0 Å². The number of ether oxygens (including phenoxy) is 2. The lowest BCUT2D eigenvalue weighted by Gasteiger charge is -2.37. The van der Waals surface area contributed by atoms with Crippen molar-refractivity contribution >= 4 is 32.2 Å². The molecule has 0 radical (unpaired) electrons. The summed E-state index contributed by atoms with van der Waals surface area (Å²) in [5, 5.41) is 9.89. The van der Waals surface area contributed by atoms with Crippen molar-refractivity contribution in [3.05, 3.63) is 83.9 Å². The number of aliphatic hydroxyl groups is 1. The van der Waals surface area contributed by atoms with E-state index >= 15 is 0 Å². The summed E-state index contributed by atoms with van der Waals surface area (Å²) in [5.74, 6) is -0.0824. The van der Waals surface area contributed by atoms with Gasteiger partial charge in [-0.05, 0) is 42.3 Å². The van der Waals surface area contributed by atoms with Crippen LogP contribution in [-0.4, -0.2) is 76.6 Å². The average molecular weight is 601 g/mol. The maximum absolute atomic E-state index is 13.8. The molecule has 0 amide bonds. The highest BCUT2D eigenvalue weighted by Gasteiger charge is 2.39. The second kappa shape index (κ2) is 12.7. The Bertz CT molecular complexity index is 1590. The molecule has 41 heavy (non-hydrogen) atoms. The summed E-state index contributed by atoms with van der Waals surface area (Å²) in [6.07, 6.45) is 3.06. The van der Waals surface area contributed by atoms with Gasteiger partial charge in [0.25, 0.3) is 0 Å². The molecule has 1 aliphatic heterocycles. The van der Waals surface area contributed by atoms with Crippen molar-refractivity contribution in [2.75, 3.05) is 33.9 Å². The van der Waals surface area contributed by atoms with E-state index < -0.39 is 38.1 Å². The van der Waals surface area contributed by atoms with Gasteiger partial charge in [-0.2, -0.15) is 8.61 Å². The van der Waals surface area contributed by atoms with Crippen LogP contribution in [0.4, 0.5) is 0 Å². The number of fused-ring (bicyclic) bond motifs is 1. The van der Waals surface area contributed by atoms with Crippen molar-refractivity contribution in [2.24, 2.45) is 5.92 Å². The Morgan fingerprint density at radius 2 is 1.73 bits per heavy atom. The molecule has 3 aromatic rings. The van der Waals surface area contributed by atoms with E-state index in [4.69, 9.17) is 9.47 Å². The Hall–Kier alpha value is -3.22. The number of hydrogen-bond donors (Lipinski definition) is 1. The van der Waals surface area contributed by atoms with Crippen LogP contribution in [0.5, 0.6) is 11.5 Å². The number of rotatable bonds is 9. The van der Waals surface area contributed by atoms with Crippen molar-refractivity contribution in [3.63, 3.8) is 0 Å². The third kappa shape index (κ3) is 6.65. The van der Waals surface area contributed by atoms with Gasteiger partial charge in [-0.25, -0.2) is 16.8 Å². The number of hydrogen-bond acceptors (Lipinski definition) is 7. The summed E-state index contributed by atoms with van der Waals surface area (Å²) < 4.78 is 68.7. The van der Waals surface area contributed by atoms with Crippen LogP contribution in [-0.2, 0) is 20.0 Å². The molecular formula is C30H36N2O7S2. The molecule has 0 unspecified atom stereocenters. The van der Waals surface area contributed by atoms with Gasteiger partial charge in [-0.1, -0.05) is 67.6 Å². The zero-order valence-electron chi connectivity index (χ0n) is 23.5. The molecule has 0 fully saturated rings. The molecule has 0 saturated carbocycles. The molecule has 4 rings (SSSR count). The quantitative estimate of drug-likeness (QED) is 0.370. The second-order valence-electron chi connectivity index (χ2n) is 10.1. The number of sulfonamides is 2. The number of para-hydroxylation sites is 1. The van der Waals surface area contributed by atoms with Crippen LogP contribution in [0.2, 0.25) is 0 Å². The van der Waals surface area contributed by atoms with E-state index in [1.165, 1.54) is 34.9 Å². The lowest BCUT2D eigenvalue weighted by atomic mass is 10.0. The summed E-state index contributed by atoms with van der Waals surface area (Å²) in [6, 6.07) is 20.2. The lowest BCUT2D eigenvalue weighted by Crippen LogP contribution is -2.50. The molecule has 0 spiro atoms. The molecule has 1 N–H and O–H groups in total. The summed E-state index contributed by atoms with van der Waals surface area (Å²) in [5.41, 5.74) is 1.69. The first-order chi connectivity index (χ1) is 19.5. The predicted octanol–water partition coefficient (Wildman–Crippen LogP) is 3.95. The maximum Gasteiger partial charge on any atom is 0.247 e. The highest BCUT2D eigenvalue weighted by molar-refractivity contribution is 7.89. The molecule has 0 aliphatic carbocycles. The van der Waals surface area contributed by atoms with Crippen LogP contribution in [0.25, 0.3) is 12.2 Å². The summed E-state index contributed by atoms with van der Waals surface area (Å²) in [6.45, 7) is 3.06. The highest BCUT2D eigenvalue weighted by Crippen LogP contribution is 2.35. The highest BCUT2D eigenvalue weighted by atomic mass is 32.2. The third-order valence-electron chi connectivity index (χ3n) is 7.15. The van der Waals surface area contributed by atoms with E-state index in [2.05, 4.69) is 0 Å². The van der Waals surface area contributed by atoms with Crippen molar-refractivity contribution in [2.45, 2.75) is 35.8 Å². The average Bonchev–Trinajstić information content (AvgIpc) is 2.97. The monoisotopic (exact) mass is 600 g/mol. The van der Waals surface area contributed by atoms with E-state index in [1.807, 2.05) is 49.4 Å². The van der Waals surface area contributed by atoms with Crippen LogP contribution in [0, 0.1) is 5.92 Å². The maximum atomic E-state index is 13.8. The molecule has 3 aromatic carbocycles. The van der Waals surface area contributed by atoms with Gasteiger partial charge in [0.05, 0.1) is 20.3 Å². The lowest BCUT2D eigenvalue weighted by molar-refractivity contribution is 0.0904. The number of aliphatic hydroxyl groups excluding tert-OH is 1. The fourth-order valence-corrected chi connectivity index (χ4v) is 7.83. The van der Waals surface area contributed by atoms with Gasteiger partial charge in [0.1, 0.15) is 27.4 Å². The van der Waals surface area contributed by atoms with E-state index in [0.717, 1.165) is 5.56 Å². The SMILES string of the molecule is COc1ccccc1S(=O)(=O)N(C)C[C@H]1Oc2cc(/C=C/c3ccccc3)ccc2S(=O)(=O)N([C@H](C)CO)C[C@@H]1C. The molecule has 0 aromatic heterocycles. The fourth-order valence-electron chi connectivity index (χ4n) is 4.67. The van der Waals surface area contributed by atoms with Crippen molar-refractivity contribution < 1.29 is 31.4 Å². The Morgan fingerprint density at radius 3 is 2.41 bits per heavy atom. The number of nitrogens with zero attached hydrogens (tertiary/aromatic N) is 2. The van der Waals surface area contributed by atoms with Crippen LogP contribution in [0.15, 0.2) is 82.6 Å². The minimum absolute atomic E-state index is 0.0235. The molecule has 1 aliphatic rings. The summed E-state index contributed by atoms with van der Waals surface area (Å²) >= 11 is 0. The molecule has 1 heterocycles. The fraction of sp³-hybridized carbons (Fsp3) is 0.333. The minimum atomic E-state index is -4.03. The first-order valence-electron chi connectivity index (χ1n) is 13.2. The molecule has 11 heteroatoms. The number of methoxy groups -OCH3 is 1. The van der Waals surface area contributed by atoms with E-state index in [9.17, 15) is 21.9 Å². The molecular weight excluding hydrogens is 564 g/mol.